The van der Waals surface area contributed by atoms with Crippen LogP contribution < -0.4 is 11.1 Å². The van der Waals surface area contributed by atoms with Crippen LogP contribution in [0.3, 0.4) is 0 Å². The number of carbonyl (C=O) groups excluding carboxylic acids is 1. The number of rotatable bonds is 4. The highest BCUT2D eigenvalue weighted by Crippen LogP contribution is 2.25. The normalized spacial score (nSPS) is 20.4. The number of sulfonamides is 1. The number of benzene rings is 1. The molecule has 0 radical (unpaired) electrons. The molecule has 1 aliphatic rings. The standard InChI is InChI=1S/C13H18BrN3O3S/c1-16-11-3-2-4-17(8-11)21(19,20)12-6-9(13(15)18)5-10(14)7-12/h5-7,11,16H,2-4,8H2,1H3,(H2,15,18). The Morgan fingerprint density at radius 2 is 2.14 bits per heavy atom. The highest BCUT2D eigenvalue weighted by Gasteiger charge is 2.30. The Hall–Kier alpha value is -0.960. The Bertz CT molecular complexity index is 648. The van der Waals surface area contributed by atoms with Crippen LogP contribution in [0.4, 0.5) is 0 Å². The molecule has 0 aliphatic carbocycles. The Kier molecular flexibility index (Phi) is 5.03. The molecule has 1 heterocycles. The van der Waals surface area contributed by atoms with Gasteiger partial charge < -0.3 is 11.1 Å². The Morgan fingerprint density at radius 3 is 2.76 bits per heavy atom. The first kappa shape index (κ1) is 16.4. The zero-order valence-electron chi connectivity index (χ0n) is 11.7. The fraction of sp³-hybridized carbons (Fsp3) is 0.462. The van der Waals surface area contributed by atoms with E-state index in [0.717, 1.165) is 12.8 Å². The molecule has 1 aliphatic heterocycles. The lowest BCUT2D eigenvalue weighted by atomic mass is 10.1. The number of nitrogens with zero attached hydrogens (tertiary/aromatic N) is 1. The van der Waals surface area contributed by atoms with Crippen LogP contribution in [0.5, 0.6) is 0 Å². The van der Waals surface area contributed by atoms with Crippen LogP contribution in [-0.2, 0) is 10.0 Å². The summed E-state index contributed by atoms with van der Waals surface area (Å²) in [7, 11) is -1.80. The highest BCUT2D eigenvalue weighted by molar-refractivity contribution is 9.10. The predicted octanol–water partition coefficient (Wildman–Crippen LogP) is 0.920. The molecule has 21 heavy (non-hydrogen) atoms. The summed E-state index contributed by atoms with van der Waals surface area (Å²) in [4.78, 5) is 11.4. The largest absolute Gasteiger partial charge is 0.366 e. The second kappa shape index (κ2) is 6.43. The summed E-state index contributed by atoms with van der Waals surface area (Å²) >= 11 is 3.22. The van der Waals surface area contributed by atoms with Crippen molar-refractivity contribution in [2.24, 2.45) is 5.73 Å². The molecule has 1 aromatic carbocycles. The number of nitrogens with one attached hydrogen (secondary N) is 1. The fourth-order valence-corrected chi connectivity index (χ4v) is 4.64. The molecule has 1 atom stereocenters. The van der Waals surface area contributed by atoms with Crippen molar-refractivity contribution in [1.82, 2.24) is 9.62 Å². The van der Waals surface area contributed by atoms with Crippen LogP contribution in [0.2, 0.25) is 0 Å². The molecule has 1 unspecified atom stereocenters. The van der Waals surface area contributed by atoms with Crippen molar-refractivity contribution in [1.29, 1.82) is 0 Å². The first-order valence-electron chi connectivity index (χ1n) is 6.62. The smallest absolute Gasteiger partial charge is 0.248 e. The molecule has 2 rings (SSSR count). The maximum Gasteiger partial charge on any atom is 0.248 e. The topological polar surface area (TPSA) is 92.5 Å². The molecule has 0 aromatic heterocycles. The maximum atomic E-state index is 12.7. The molecule has 0 saturated carbocycles. The molecular formula is C13H18BrN3O3S. The van der Waals surface area contributed by atoms with Gasteiger partial charge in [0.05, 0.1) is 4.90 Å². The summed E-state index contributed by atoms with van der Waals surface area (Å²) in [6.07, 6.45) is 1.76. The van der Waals surface area contributed by atoms with E-state index in [2.05, 4.69) is 21.2 Å². The minimum Gasteiger partial charge on any atom is -0.366 e. The average molecular weight is 376 g/mol. The third-order valence-corrected chi connectivity index (χ3v) is 5.89. The minimum absolute atomic E-state index is 0.0856. The summed E-state index contributed by atoms with van der Waals surface area (Å²) in [5.41, 5.74) is 5.41. The highest BCUT2D eigenvalue weighted by atomic mass is 79.9. The Morgan fingerprint density at radius 1 is 1.43 bits per heavy atom. The number of nitrogens with two attached hydrogens (primary N) is 1. The van der Waals surface area contributed by atoms with Crippen LogP contribution >= 0.6 is 15.9 Å². The molecule has 0 spiro atoms. The van der Waals surface area contributed by atoms with E-state index >= 15 is 0 Å². The molecule has 0 bridgehead atoms. The van der Waals surface area contributed by atoms with E-state index in [4.69, 9.17) is 5.73 Å². The zero-order valence-corrected chi connectivity index (χ0v) is 14.1. The van der Waals surface area contributed by atoms with Crippen molar-refractivity contribution in [3.05, 3.63) is 28.2 Å². The second-order valence-electron chi connectivity index (χ2n) is 5.03. The summed E-state index contributed by atoms with van der Waals surface area (Å²) in [6, 6.07) is 4.47. The van der Waals surface area contributed by atoms with E-state index in [1.165, 1.54) is 22.5 Å². The zero-order chi connectivity index (χ0) is 15.6. The van der Waals surface area contributed by atoms with Crippen LogP contribution in [0.1, 0.15) is 23.2 Å². The number of hydrogen-bond acceptors (Lipinski definition) is 4. The molecule has 3 N–H and O–H groups in total. The van der Waals surface area contributed by atoms with Crippen molar-refractivity contribution >= 4 is 31.9 Å². The lowest BCUT2D eigenvalue weighted by Crippen LogP contribution is -2.46. The quantitative estimate of drug-likeness (QED) is 0.818. The van der Waals surface area contributed by atoms with Crippen molar-refractivity contribution in [2.75, 3.05) is 20.1 Å². The van der Waals surface area contributed by atoms with E-state index in [1.54, 1.807) is 0 Å². The lowest BCUT2D eigenvalue weighted by molar-refractivity contribution is 0.1000. The number of halogens is 1. The number of likely N-dealkylation sites (N-methyl/N-ethyl adjacent to an activating group) is 1. The number of carbonyl (C=O) groups is 1. The molecular weight excluding hydrogens is 358 g/mol. The van der Waals surface area contributed by atoms with Crippen LogP contribution in [-0.4, -0.2) is 44.8 Å². The third-order valence-electron chi connectivity index (χ3n) is 3.59. The summed E-state index contributed by atoms with van der Waals surface area (Å²) in [6.45, 7) is 0.913. The number of primary amides is 1. The van der Waals surface area contributed by atoms with E-state index in [9.17, 15) is 13.2 Å². The van der Waals surface area contributed by atoms with Gasteiger partial charge >= 0.3 is 0 Å². The summed E-state index contributed by atoms with van der Waals surface area (Å²) in [5.74, 6) is -0.653. The summed E-state index contributed by atoms with van der Waals surface area (Å²) in [5, 5.41) is 3.11. The van der Waals surface area contributed by atoms with Gasteiger partial charge in [0.2, 0.25) is 15.9 Å². The molecule has 116 valence electrons. The summed E-state index contributed by atoms with van der Waals surface area (Å²) < 4.78 is 27.4. The van der Waals surface area contributed by atoms with Gasteiger partial charge in [0.1, 0.15) is 0 Å². The Balaban J connectivity index is 2.37. The van der Waals surface area contributed by atoms with Gasteiger partial charge in [-0.05, 0) is 38.1 Å². The minimum atomic E-state index is -3.63. The number of amides is 1. The second-order valence-corrected chi connectivity index (χ2v) is 7.88. The molecule has 8 heteroatoms. The molecule has 6 nitrogen and oxygen atoms in total. The van der Waals surface area contributed by atoms with Crippen molar-refractivity contribution in [3.63, 3.8) is 0 Å². The molecule has 1 fully saturated rings. The van der Waals surface area contributed by atoms with Gasteiger partial charge in [-0.1, -0.05) is 15.9 Å². The average Bonchev–Trinajstić information content (AvgIpc) is 2.46. The van der Waals surface area contributed by atoms with Crippen molar-refractivity contribution in [2.45, 2.75) is 23.8 Å². The first-order chi connectivity index (χ1) is 9.84. The van der Waals surface area contributed by atoms with E-state index < -0.39 is 15.9 Å². The van der Waals surface area contributed by atoms with E-state index in [-0.39, 0.29) is 16.5 Å². The van der Waals surface area contributed by atoms with Crippen molar-refractivity contribution < 1.29 is 13.2 Å². The van der Waals surface area contributed by atoms with Crippen LogP contribution in [0.15, 0.2) is 27.6 Å². The van der Waals surface area contributed by atoms with Crippen molar-refractivity contribution in [3.8, 4) is 0 Å². The number of piperidine rings is 1. The van der Waals surface area contributed by atoms with Gasteiger partial charge in [0.15, 0.2) is 0 Å². The van der Waals surface area contributed by atoms with Gasteiger partial charge in [-0.25, -0.2) is 8.42 Å². The van der Waals surface area contributed by atoms with Gasteiger partial charge in [-0.15, -0.1) is 0 Å². The molecule has 1 amide bonds. The predicted molar refractivity (Wildman–Crippen MR) is 83.5 cm³/mol. The van der Waals surface area contributed by atoms with Gasteiger partial charge in [-0.2, -0.15) is 4.31 Å². The monoisotopic (exact) mass is 375 g/mol. The molecule has 1 saturated heterocycles. The fourth-order valence-electron chi connectivity index (χ4n) is 2.40. The van der Waals surface area contributed by atoms with Crippen LogP contribution in [0.25, 0.3) is 0 Å². The third kappa shape index (κ3) is 3.63. The number of hydrogen-bond donors (Lipinski definition) is 2. The maximum absolute atomic E-state index is 12.7. The van der Waals surface area contributed by atoms with Gasteiger partial charge in [0, 0.05) is 29.2 Å². The van der Waals surface area contributed by atoms with E-state index in [0.29, 0.717) is 17.6 Å². The van der Waals surface area contributed by atoms with Gasteiger partial charge in [-0.3, -0.25) is 4.79 Å². The molecule has 1 aromatic rings. The van der Waals surface area contributed by atoms with Gasteiger partial charge in [0.25, 0.3) is 0 Å². The van der Waals surface area contributed by atoms with Crippen LogP contribution in [0, 0.1) is 0 Å². The lowest BCUT2D eigenvalue weighted by Gasteiger charge is -2.31. The Labute approximate surface area is 132 Å². The SMILES string of the molecule is CNC1CCCN(S(=O)(=O)c2cc(Br)cc(C(N)=O)c2)C1. The first-order valence-corrected chi connectivity index (χ1v) is 8.85. The van der Waals surface area contributed by atoms with E-state index in [1.807, 2.05) is 7.05 Å².